The number of nitrogens with one attached hydrogen (secondary N) is 1. The molecule has 1 saturated carbocycles. The van der Waals surface area contributed by atoms with Gasteiger partial charge in [-0.3, -0.25) is 0 Å². The van der Waals surface area contributed by atoms with E-state index in [-0.39, 0.29) is 5.92 Å². The van der Waals surface area contributed by atoms with Crippen LogP contribution in [0.1, 0.15) is 32.1 Å². The van der Waals surface area contributed by atoms with Gasteiger partial charge >= 0.3 is 0 Å². The third-order valence-electron chi connectivity index (χ3n) is 3.97. The van der Waals surface area contributed by atoms with E-state index >= 15 is 0 Å². The minimum Gasteiger partial charge on any atom is -0.311 e. The molecule has 1 aliphatic carbocycles. The Kier molecular flexibility index (Phi) is 3.61. The maximum atomic E-state index is 8.98. The van der Waals surface area contributed by atoms with Crippen molar-refractivity contribution in [3.05, 3.63) is 0 Å². The fourth-order valence-electron chi connectivity index (χ4n) is 2.88. The number of hydrogen-bond acceptors (Lipinski definition) is 3. The number of nitriles is 1. The molecule has 0 radical (unpaired) electrons. The van der Waals surface area contributed by atoms with E-state index in [0.29, 0.717) is 12.1 Å². The van der Waals surface area contributed by atoms with Crippen molar-refractivity contribution < 1.29 is 0 Å². The maximum Gasteiger partial charge on any atom is 0.0672 e. The smallest absolute Gasteiger partial charge is 0.0672 e. The first-order valence-corrected chi connectivity index (χ1v) is 6.14. The molecule has 3 nitrogen and oxygen atoms in total. The van der Waals surface area contributed by atoms with Crippen molar-refractivity contribution in [2.24, 2.45) is 5.92 Å². The Balaban J connectivity index is 1.75. The van der Waals surface area contributed by atoms with E-state index in [1.807, 2.05) is 0 Å². The highest BCUT2D eigenvalue weighted by Gasteiger charge is 2.28. The molecule has 0 amide bonds. The van der Waals surface area contributed by atoms with Gasteiger partial charge in [-0.15, -0.1) is 0 Å². The second-order valence-corrected chi connectivity index (χ2v) is 4.96. The lowest BCUT2D eigenvalue weighted by molar-refractivity contribution is 0.286. The summed E-state index contributed by atoms with van der Waals surface area (Å²) in [5.41, 5.74) is 0. The van der Waals surface area contributed by atoms with Crippen molar-refractivity contribution >= 4 is 0 Å². The van der Waals surface area contributed by atoms with Crippen LogP contribution in [0.3, 0.4) is 0 Å². The van der Waals surface area contributed by atoms with E-state index in [2.05, 4.69) is 23.3 Å². The number of rotatable bonds is 3. The normalized spacial score (nSPS) is 36.9. The zero-order valence-electron chi connectivity index (χ0n) is 9.58. The summed E-state index contributed by atoms with van der Waals surface area (Å²) in [5, 5.41) is 12.6. The fraction of sp³-hybridized carbons (Fsp3) is 0.917. The summed E-state index contributed by atoms with van der Waals surface area (Å²) >= 11 is 0. The Bertz CT molecular complexity index is 246. The molecule has 1 N–H and O–H groups in total. The molecule has 1 saturated heterocycles. The van der Waals surface area contributed by atoms with E-state index in [0.717, 1.165) is 13.0 Å². The molecule has 3 atom stereocenters. The summed E-state index contributed by atoms with van der Waals surface area (Å²) in [7, 11) is 2.20. The first kappa shape index (κ1) is 10.9. The molecule has 2 aliphatic rings. The lowest BCUT2D eigenvalue weighted by atomic mass is 10.1. The second-order valence-electron chi connectivity index (χ2n) is 4.96. The quantitative estimate of drug-likeness (QED) is 0.759. The number of likely N-dealkylation sites (N-methyl/N-ethyl adjacent to an activating group) is 1. The molecule has 2 rings (SSSR count). The van der Waals surface area contributed by atoms with E-state index in [4.69, 9.17) is 5.26 Å². The molecule has 84 valence electrons. The molecule has 0 aromatic carbocycles. The van der Waals surface area contributed by atoms with Crippen molar-refractivity contribution in [3.8, 4) is 6.07 Å². The average Bonchev–Trinajstić information content (AvgIpc) is 2.83. The lowest BCUT2D eigenvalue weighted by Gasteiger charge is -2.23. The van der Waals surface area contributed by atoms with E-state index in [9.17, 15) is 0 Å². The minimum atomic E-state index is 0.261. The summed E-state index contributed by atoms with van der Waals surface area (Å²) in [6.07, 6.45) is 6.14. The summed E-state index contributed by atoms with van der Waals surface area (Å²) in [6, 6.07) is 3.59. The topological polar surface area (TPSA) is 39.1 Å². The van der Waals surface area contributed by atoms with Gasteiger partial charge < -0.3 is 10.2 Å². The minimum absolute atomic E-state index is 0.261. The van der Waals surface area contributed by atoms with Crippen molar-refractivity contribution in [1.82, 2.24) is 10.2 Å². The lowest BCUT2D eigenvalue weighted by Crippen LogP contribution is -2.41. The summed E-state index contributed by atoms with van der Waals surface area (Å²) in [6.45, 7) is 2.30. The van der Waals surface area contributed by atoms with Crippen LogP contribution in [-0.4, -0.2) is 37.1 Å². The van der Waals surface area contributed by atoms with Gasteiger partial charge in [-0.25, -0.2) is 0 Å². The molecule has 0 spiro atoms. The molecule has 15 heavy (non-hydrogen) atoms. The third-order valence-corrected chi connectivity index (χ3v) is 3.97. The third kappa shape index (κ3) is 2.50. The molecule has 2 fully saturated rings. The zero-order chi connectivity index (χ0) is 10.7. The molecule has 3 unspecified atom stereocenters. The van der Waals surface area contributed by atoms with Gasteiger partial charge in [0, 0.05) is 18.6 Å². The number of nitrogens with zero attached hydrogens (tertiary/aromatic N) is 2. The van der Waals surface area contributed by atoms with Gasteiger partial charge in [0.1, 0.15) is 0 Å². The van der Waals surface area contributed by atoms with E-state index in [1.54, 1.807) is 0 Å². The summed E-state index contributed by atoms with van der Waals surface area (Å²) < 4.78 is 0. The Labute approximate surface area is 92.4 Å². The van der Waals surface area contributed by atoms with Crippen LogP contribution in [0.4, 0.5) is 0 Å². The Morgan fingerprint density at radius 1 is 1.33 bits per heavy atom. The maximum absolute atomic E-state index is 8.98. The average molecular weight is 207 g/mol. The number of likely N-dealkylation sites (tertiary alicyclic amines) is 1. The predicted molar refractivity (Wildman–Crippen MR) is 60.4 cm³/mol. The summed E-state index contributed by atoms with van der Waals surface area (Å²) in [5.74, 6) is 0.261. The van der Waals surface area contributed by atoms with Gasteiger partial charge in [-0.1, -0.05) is 6.42 Å². The monoisotopic (exact) mass is 207 g/mol. The molecule has 1 aliphatic heterocycles. The van der Waals surface area contributed by atoms with Crippen molar-refractivity contribution in [3.63, 3.8) is 0 Å². The van der Waals surface area contributed by atoms with Crippen molar-refractivity contribution in [2.75, 3.05) is 20.1 Å². The van der Waals surface area contributed by atoms with Gasteiger partial charge in [0.05, 0.1) is 12.0 Å². The second kappa shape index (κ2) is 4.96. The molecular formula is C12H21N3. The fourth-order valence-corrected chi connectivity index (χ4v) is 2.88. The SMILES string of the molecule is CN1CCCC1CNC1CCCC1C#N. The van der Waals surface area contributed by atoms with Crippen LogP contribution in [0.2, 0.25) is 0 Å². The summed E-state index contributed by atoms with van der Waals surface area (Å²) in [4.78, 5) is 2.43. The molecule has 1 heterocycles. The van der Waals surface area contributed by atoms with Crippen molar-refractivity contribution in [1.29, 1.82) is 5.26 Å². The highest BCUT2D eigenvalue weighted by atomic mass is 15.2. The highest BCUT2D eigenvalue weighted by molar-refractivity contribution is 4.97. The highest BCUT2D eigenvalue weighted by Crippen LogP contribution is 2.25. The first-order chi connectivity index (χ1) is 7.31. The van der Waals surface area contributed by atoms with Crippen LogP contribution in [0.5, 0.6) is 0 Å². The first-order valence-electron chi connectivity index (χ1n) is 6.14. The van der Waals surface area contributed by atoms with Crippen LogP contribution in [0, 0.1) is 17.2 Å². The number of hydrogen-bond donors (Lipinski definition) is 1. The van der Waals surface area contributed by atoms with E-state index < -0.39 is 0 Å². The van der Waals surface area contributed by atoms with Crippen LogP contribution in [0.15, 0.2) is 0 Å². The van der Waals surface area contributed by atoms with Crippen LogP contribution < -0.4 is 5.32 Å². The Morgan fingerprint density at radius 2 is 2.20 bits per heavy atom. The van der Waals surface area contributed by atoms with Crippen LogP contribution in [0.25, 0.3) is 0 Å². The van der Waals surface area contributed by atoms with Crippen LogP contribution >= 0.6 is 0 Å². The van der Waals surface area contributed by atoms with Gasteiger partial charge in [0.15, 0.2) is 0 Å². The molecule has 3 heteroatoms. The molecule has 0 aromatic heterocycles. The standard InChI is InChI=1S/C12H21N3/c1-15-7-3-5-11(15)9-14-12-6-2-4-10(12)8-13/h10-12,14H,2-7,9H2,1H3. The van der Waals surface area contributed by atoms with Crippen LogP contribution in [-0.2, 0) is 0 Å². The Morgan fingerprint density at radius 3 is 2.87 bits per heavy atom. The zero-order valence-corrected chi connectivity index (χ0v) is 9.58. The van der Waals surface area contributed by atoms with E-state index in [1.165, 1.54) is 32.2 Å². The van der Waals surface area contributed by atoms with Gasteiger partial charge in [-0.2, -0.15) is 5.26 Å². The Hall–Kier alpha value is -0.590. The van der Waals surface area contributed by atoms with Gasteiger partial charge in [0.25, 0.3) is 0 Å². The largest absolute Gasteiger partial charge is 0.311 e. The van der Waals surface area contributed by atoms with Gasteiger partial charge in [0.2, 0.25) is 0 Å². The predicted octanol–water partition coefficient (Wildman–Crippen LogP) is 1.36. The van der Waals surface area contributed by atoms with Gasteiger partial charge in [-0.05, 0) is 39.3 Å². The van der Waals surface area contributed by atoms with Crippen molar-refractivity contribution in [2.45, 2.75) is 44.2 Å². The molecule has 0 bridgehead atoms. The molecule has 0 aromatic rings. The molecular weight excluding hydrogens is 186 g/mol.